The second-order valence-corrected chi connectivity index (χ2v) is 5.72. The minimum Gasteiger partial charge on any atom is -0.393 e. The highest BCUT2D eigenvalue weighted by atomic mass is 32.1. The van der Waals surface area contributed by atoms with E-state index in [0.717, 1.165) is 24.9 Å². The summed E-state index contributed by atoms with van der Waals surface area (Å²) in [6, 6.07) is 8.09. The maximum atomic E-state index is 12.3. The van der Waals surface area contributed by atoms with Gasteiger partial charge in [0.1, 0.15) is 0 Å². The number of thiocarbonyl (C=S) groups is 1. The summed E-state index contributed by atoms with van der Waals surface area (Å²) in [5.74, 6) is 0.358. The van der Waals surface area contributed by atoms with Crippen molar-refractivity contribution in [1.82, 2.24) is 4.90 Å². The zero-order valence-electron chi connectivity index (χ0n) is 11.3. The Labute approximate surface area is 119 Å². The van der Waals surface area contributed by atoms with Crippen molar-refractivity contribution >= 4 is 23.1 Å². The maximum absolute atomic E-state index is 12.3. The summed E-state index contributed by atoms with van der Waals surface area (Å²) in [5, 5.41) is 0. The molecule has 1 heterocycles. The number of aryl methyl sites for hydroxylation is 1. The molecule has 2 N–H and O–H groups in total. The largest absolute Gasteiger partial charge is 0.393 e. The molecule has 1 unspecified atom stereocenters. The van der Waals surface area contributed by atoms with Crippen molar-refractivity contribution in [3.05, 3.63) is 35.4 Å². The van der Waals surface area contributed by atoms with Gasteiger partial charge in [-0.1, -0.05) is 42.0 Å². The molecule has 1 amide bonds. The lowest BCUT2D eigenvalue weighted by molar-refractivity contribution is -0.131. The fourth-order valence-electron chi connectivity index (χ4n) is 2.54. The van der Waals surface area contributed by atoms with Gasteiger partial charge in [0.05, 0.1) is 11.4 Å². The molecule has 1 fully saturated rings. The van der Waals surface area contributed by atoms with Gasteiger partial charge in [0.2, 0.25) is 5.91 Å². The van der Waals surface area contributed by atoms with Crippen LogP contribution in [-0.4, -0.2) is 28.9 Å². The van der Waals surface area contributed by atoms with E-state index in [0.29, 0.717) is 18.0 Å². The Morgan fingerprint density at radius 3 is 3.00 bits per heavy atom. The van der Waals surface area contributed by atoms with Crippen LogP contribution in [0.2, 0.25) is 0 Å². The van der Waals surface area contributed by atoms with E-state index in [1.165, 1.54) is 5.56 Å². The van der Waals surface area contributed by atoms with Crippen molar-refractivity contribution in [3.63, 3.8) is 0 Å². The topological polar surface area (TPSA) is 46.3 Å². The predicted molar refractivity (Wildman–Crippen MR) is 81.0 cm³/mol. The van der Waals surface area contributed by atoms with Crippen molar-refractivity contribution in [1.29, 1.82) is 0 Å². The quantitative estimate of drug-likeness (QED) is 0.860. The lowest BCUT2D eigenvalue weighted by atomic mass is 9.97. The van der Waals surface area contributed by atoms with Crippen LogP contribution >= 0.6 is 12.2 Å². The van der Waals surface area contributed by atoms with E-state index in [9.17, 15) is 4.79 Å². The van der Waals surface area contributed by atoms with Crippen LogP contribution in [0.5, 0.6) is 0 Å². The number of nitrogens with two attached hydrogens (primary N) is 1. The highest BCUT2D eigenvalue weighted by molar-refractivity contribution is 7.80. The monoisotopic (exact) mass is 276 g/mol. The summed E-state index contributed by atoms with van der Waals surface area (Å²) in [6.45, 7) is 3.54. The van der Waals surface area contributed by atoms with Crippen LogP contribution in [0.3, 0.4) is 0 Å². The third-order valence-electron chi connectivity index (χ3n) is 3.61. The van der Waals surface area contributed by atoms with Gasteiger partial charge in [0.15, 0.2) is 0 Å². The molecule has 1 aliphatic rings. The molecule has 102 valence electrons. The standard InChI is InChI=1S/C15H20N2OS/c1-11-4-2-5-12(8-11)9-14(18)17-7-3-6-13(10-17)15(16)19/h2,4-5,8,13H,3,6-7,9-10H2,1H3,(H2,16,19). The number of carbonyl (C=O) groups is 1. The van der Waals surface area contributed by atoms with Crippen molar-refractivity contribution < 1.29 is 4.79 Å². The van der Waals surface area contributed by atoms with Gasteiger partial charge < -0.3 is 10.6 Å². The number of benzene rings is 1. The maximum Gasteiger partial charge on any atom is 0.227 e. The average Bonchev–Trinajstić information content (AvgIpc) is 2.39. The van der Waals surface area contributed by atoms with E-state index < -0.39 is 0 Å². The molecule has 0 radical (unpaired) electrons. The molecule has 4 heteroatoms. The fourth-order valence-corrected chi connectivity index (χ4v) is 2.74. The van der Waals surface area contributed by atoms with Crippen LogP contribution in [0.1, 0.15) is 24.0 Å². The summed E-state index contributed by atoms with van der Waals surface area (Å²) in [4.78, 5) is 14.7. The van der Waals surface area contributed by atoms with Gasteiger partial charge >= 0.3 is 0 Å². The smallest absolute Gasteiger partial charge is 0.227 e. The molecule has 0 aromatic heterocycles. The van der Waals surface area contributed by atoms with Crippen molar-refractivity contribution in [2.45, 2.75) is 26.2 Å². The fraction of sp³-hybridized carbons (Fsp3) is 0.467. The van der Waals surface area contributed by atoms with E-state index >= 15 is 0 Å². The second-order valence-electron chi connectivity index (χ2n) is 5.25. The van der Waals surface area contributed by atoms with Gasteiger partial charge in [-0.2, -0.15) is 0 Å². The Balaban J connectivity index is 1.98. The molecule has 0 bridgehead atoms. The number of nitrogens with zero attached hydrogens (tertiary/aromatic N) is 1. The van der Waals surface area contributed by atoms with Gasteiger partial charge in [-0.25, -0.2) is 0 Å². The van der Waals surface area contributed by atoms with Crippen LogP contribution in [0.4, 0.5) is 0 Å². The summed E-state index contributed by atoms with van der Waals surface area (Å²) < 4.78 is 0. The van der Waals surface area contributed by atoms with Gasteiger partial charge in [0, 0.05) is 19.0 Å². The zero-order valence-corrected chi connectivity index (χ0v) is 12.1. The normalized spacial score (nSPS) is 19.2. The Hall–Kier alpha value is -1.42. The van der Waals surface area contributed by atoms with Crippen molar-refractivity contribution in [2.75, 3.05) is 13.1 Å². The number of rotatable bonds is 3. The zero-order chi connectivity index (χ0) is 13.8. The summed E-state index contributed by atoms with van der Waals surface area (Å²) in [6.07, 6.45) is 2.46. The first kappa shape index (κ1) is 14.0. The highest BCUT2D eigenvalue weighted by Gasteiger charge is 2.25. The molecule has 0 aliphatic carbocycles. The van der Waals surface area contributed by atoms with E-state index in [1.807, 2.05) is 30.0 Å². The SMILES string of the molecule is Cc1cccc(CC(=O)N2CCCC(C(N)=S)C2)c1. The minimum absolute atomic E-state index is 0.173. The van der Waals surface area contributed by atoms with Crippen LogP contribution in [0.15, 0.2) is 24.3 Å². The average molecular weight is 276 g/mol. The Bertz CT molecular complexity index is 487. The molecule has 0 saturated carbocycles. The van der Waals surface area contributed by atoms with Crippen molar-refractivity contribution in [2.24, 2.45) is 11.7 Å². The number of hydrogen-bond acceptors (Lipinski definition) is 2. The molecular weight excluding hydrogens is 256 g/mol. The molecule has 1 atom stereocenters. The number of carbonyl (C=O) groups excluding carboxylic acids is 1. The molecule has 1 saturated heterocycles. The van der Waals surface area contributed by atoms with E-state index in [4.69, 9.17) is 18.0 Å². The minimum atomic E-state index is 0.173. The van der Waals surface area contributed by atoms with Crippen LogP contribution in [0.25, 0.3) is 0 Å². The van der Waals surface area contributed by atoms with Gasteiger partial charge in [0.25, 0.3) is 0 Å². The first-order valence-electron chi connectivity index (χ1n) is 6.69. The molecule has 1 aromatic rings. The predicted octanol–water partition coefficient (Wildman–Crippen LogP) is 2.06. The second kappa shape index (κ2) is 6.15. The molecule has 1 aromatic carbocycles. The van der Waals surface area contributed by atoms with Crippen LogP contribution in [0, 0.1) is 12.8 Å². The molecule has 19 heavy (non-hydrogen) atoms. The van der Waals surface area contributed by atoms with Gasteiger partial charge in [-0.3, -0.25) is 4.79 Å². The highest BCUT2D eigenvalue weighted by Crippen LogP contribution is 2.18. The Morgan fingerprint density at radius 1 is 1.53 bits per heavy atom. The number of hydrogen-bond donors (Lipinski definition) is 1. The van der Waals surface area contributed by atoms with Crippen molar-refractivity contribution in [3.8, 4) is 0 Å². The number of amides is 1. The summed E-state index contributed by atoms with van der Waals surface area (Å²) in [5.41, 5.74) is 7.95. The Morgan fingerprint density at radius 2 is 2.32 bits per heavy atom. The number of piperidine rings is 1. The van der Waals surface area contributed by atoms with Crippen LogP contribution < -0.4 is 5.73 Å². The third-order valence-corrected chi connectivity index (χ3v) is 3.95. The molecule has 3 nitrogen and oxygen atoms in total. The van der Waals surface area contributed by atoms with E-state index in [-0.39, 0.29) is 11.8 Å². The Kier molecular flexibility index (Phi) is 4.53. The van der Waals surface area contributed by atoms with E-state index in [2.05, 4.69) is 6.07 Å². The summed E-state index contributed by atoms with van der Waals surface area (Å²) in [7, 11) is 0. The first-order valence-corrected chi connectivity index (χ1v) is 7.09. The number of likely N-dealkylation sites (tertiary alicyclic amines) is 1. The van der Waals surface area contributed by atoms with Gasteiger partial charge in [-0.05, 0) is 25.3 Å². The van der Waals surface area contributed by atoms with Gasteiger partial charge in [-0.15, -0.1) is 0 Å². The molecule has 1 aliphatic heterocycles. The lowest BCUT2D eigenvalue weighted by Gasteiger charge is -2.32. The third kappa shape index (κ3) is 3.77. The molecule has 0 spiro atoms. The first-order chi connectivity index (χ1) is 9.06. The molecular formula is C15H20N2OS. The van der Waals surface area contributed by atoms with Crippen LogP contribution in [-0.2, 0) is 11.2 Å². The lowest BCUT2D eigenvalue weighted by Crippen LogP contribution is -2.44. The summed E-state index contributed by atoms with van der Waals surface area (Å²) >= 11 is 5.04. The molecule has 2 rings (SSSR count). The van der Waals surface area contributed by atoms with E-state index in [1.54, 1.807) is 0 Å².